The van der Waals surface area contributed by atoms with Gasteiger partial charge < -0.3 is 19.1 Å². The van der Waals surface area contributed by atoms with Crippen LogP contribution in [0.5, 0.6) is 11.5 Å². The topological polar surface area (TPSA) is 65.1 Å². The van der Waals surface area contributed by atoms with E-state index in [1.54, 1.807) is 30.3 Å². The lowest BCUT2D eigenvalue weighted by Gasteiger charge is -2.45. The van der Waals surface area contributed by atoms with E-state index in [1.165, 1.54) is 44.6 Å². The molecule has 1 aliphatic carbocycles. The first-order valence-corrected chi connectivity index (χ1v) is 13.3. The summed E-state index contributed by atoms with van der Waals surface area (Å²) in [5.74, 6) is 0.107. The summed E-state index contributed by atoms with van der Waals surface area (Å²) in [6.45, 7) is 9.76. The van der Waals surface area contributed by atoms with Gasteiger partial charge in [-0.1, -0.05) is 57.4 Å². The number of rotatable bonds is 8. The molecule has 2 aliphatic rings. The minimum Gasteiger partial charge on any atom is -0.426 e. The Morgan fingerprint density at radius 1 is 1.03 bits per heavy atom. The smallest absolute Gasteiger partial charge is 0.347 e. The van der Waals surface area contributed by atoms with Gasteiger partial charge in [0.25, 0.3) is 0 Å². The second-order valence-electron chi connectivity index (χ2n) is 10.5. The number of hydrogen-bond acceptors (Lipinski definition) is 6. The maximum Gasteiger partial charge on any atom is 0.347 e. The highest BCUT2D eigenvalue weighted by molar-refractivity contribution is 5.94. The second-order valence-corrected chi connectivity index (χ2v) is 10.5. The molecule has 2 aromatic carbocycles. The van der Waals surface area contributed by atoms with E-state index < -0.39 is 11.9 Å². The predicted octanol–water partition coefficient (Wildman–Crippen LogP) is 5.78. The Labute approximate surface area is 214 Å². The summed E-state index contributed by atoms with van der Waals surface area (Å²) in [4.78, 5) is 26.8. The standard InChI is InChI=1S/C30H39NO5/c1-22-21-31(18-19-34-25-11-5-4-6-12-25)17-16-30(22,3)24-10-9-13-26(20-24)36-29(33)27-14-7-8-15-28(27)35-23(2)32/h7-10,13-15,20,22,25H,4-6,11-12,16-19,21H2,1-3H3/t22-,30-/m0/s1. The van der Waals surface area contributed by atoms with E-state index in [1.807, 2.05) is 12.1 Å². The first kappa shape index (κ1) is 26.4. The molecule has 1 aliphatic heterocycles. The van der Waals surface area contributed by atoms with E-state index in [9.17, 15) is 9.59 Å². The fraction of sp³-hybridized carbons (Fsp3) is 0.533. The van der Waals surface area contributed by atoms with E-state index >= 15 is 0 Å². The van der Waals surface area contributed by atoms with Crippen LogP contribution in [-0.2, 0) is 14.9 Å². The minimum atomic E-state index is -0.546. The minimum absolute atomic E-state index is 0.0151. The molecular formula is C30H39NO5. The van der Waals surface area contributed by atoms with Crippen LogP contribution < -0.4 is 9.47 Å². The van der Waals surface area contributed by atoms with Crippen LogP contribution in [0.4, 0.5) is 0 Å². The summed E-state index contributed by atoms with van der Waals surface area (Å²) in [6, 6.07) is 14.5. The van der Waals surface area contributed by atoms with Crippen molar-refractivity contribution in [1.82, 2.24) is 4.90 Å². The van der Waals surface area contributed by atoms with Crippen molar-refractivity contribution < 1.29 is 23.8 Å². The molecule has 0 N–H and O–H groups in total. The van der Waals surface area contributed by atoms with Crippen molar-refractivity contribution in [3.63, 3.8) is 0 Å². The number of esters is 2. The molecule has 0 unspecified atom stereocenters. The third-order valence-corrected chi connectivity index (χ3v) is 7.95. The molecule has 0 aromatic heterocycles. The highest BCUT2D eigenvalue weighted by atomic mass is 16.5. The van der Waals surface area contributed by atoms with Gasteiger partial charge in [-0.05, 0) is 67.0 Å². The van der Waals surface area contributed by atoms with Crippen molar-refractivity contribution in [2.24, 2.45) is 5.92 Å². The number of likely N-dealkylation sites (tertiary alicyclic amines) is 1. The van der Waals surface area contributed by atoms with Crippen LogP contribution in [0.3, 0.4) is 0 Å². The normalized spacial score (nSPS) is 23.2. The lowest BCUT2D eigenvalue weighted by Crippen LogP contribution is -2.48. The molecule has 194 valence electrons. The predicted molar refractivity (Wildman–Crippen MR) is 140 cm³/mol. The molecule has 0 bridgehead atoms. The molecule has 36 heavy (non-hydrogen) atoms. The average Bonchev–Trinajstić information content (AvgIpc) is 2.87. The SMILES string of the molecule is CC(=O)Oc1ccccc1C(=O)Oc1cccc([C@@]2(C)CCN(CCOC3CCCCC3)C[C@@H]2C)c1. The first-order valence-electron chi connectivity index (χ1n) is 13.3. The van der Waals surface area contributed by atoms with Crippen LogP contribution in [0, 0.1) is 5.92 Å². The van der Waals surface area contributed by atoms with Crippen molar-refractivity contribution in [2.75, 3.05) is 26.2 Å². The number of benzene rings is 2. The van der Waals surface area contributed by atoms with Crippen LogP contribution in [0.25, 0.3) is 0 Å². The Balaban J connectivity index is 1.36. The summed E-state index contributed by atoms with van der Waals surface area (Å²) in [6.07, 6.45) is 7.87. The van der Waals surface area contributed by atoms with E-state index in [0.717, 1.165) is 32.7 Å². The van der Waals surface area contributed by atoms with Gasteiger partial charge >= 0.3 is 11.9 Å². The average molecular weight is 494 g/mol. The van der Waals surface area contributed by atoms with E-state index in [2.05, 4.69) is 24.8 Å². The summed E-state index contributed by atoms with van der Waals surface area (Å²) in [5, 5.41) is 0. The van der Waals surface area contributed by atoms with Gasteiger partial charge in [-0.3, -0.25) is 4.79 Å². The highest BCUT2D eigenvalue weighted by Crippen LogP contribution is 2.40. The number of para-hydroxylation sites is 1. The Kier molecular flexibility index (Phi) is 8.81. The van der Waals surface area contributed by atoms with Crippen LogP contribution in [0.1, 0.15) is 75.2 Å². The zero-order valence-corrected chi connectivity index (χ0v) is 21.8. The lowest BCUT2D eigenvalue weighted by molar-refractivity contribution is -0.131. The van der Waals surface area contributed by atoms with Crippen LogP contribution in [0.2, 0.25) is 0 Å². The van der Waals surface area contributed by atoms with Crippen molar-refractivity contribution in [1.29, 1.82) is 0 Å². The number of piperidine rings is 1. The Morgan fingerprint density at radius 3 is 2.56 bits per heavy atom. The molecule has 0 radical (unpaired) electrons. The van der Waals surface area contributed by atoms with Gasteiger partial charge in [0.15, 0.2) is 0 Å². The number of nitrogens with zero attached hydrogens (tertiary/aromatic N) is 1. The molecule has 6 heteroatoms. The highest BCUT2D eigenvalue weighted by Gasteiger charge is 2.38. The molecule has 2 atom stereocenters. The van der Waals surface area contributed by atoms with Crippen LogP contribution in [0.15, 0.2) is 48.5 Å². The molecule has 4 rings (SSSR count). The quantitative estimate of drug-likeness (QED) is 0.343. The van der Waals surface area contributed by atoms with Crippen molar-refractivity contribution >= 4 is 11.9 Å². The number of ether oxygens (including phenoxy) is 3. The van der Waals surface area contributed by atoms with Gasteiger partial charge in [-0.2, -0.15) is 0 Å². The van der Waals surface area contributed by atoms with E-state index in [0.29, 0.717) is 17.8 Å². The van der Waals surface area contributed by atoms with Gasteiger partial charge in [-0.25, -0.2) is 4.79 Å². The van der Waals surface area contributed by atoms with Gasteiger partial charge in [0.05, 0.1) is 12.7 Å². The molecule has 1 saturated heterocycles. The summed E-state index contributed by atoms with van der Waals surface area (Å²) in [5.41, 5.74) is 1.38. The van der Waals surface area contributed by atoms with Gasteiger partial charge in [0.2, 0.25) is 0 Å². The Morgan fingerprint density at radius 2 is 1.81 bits per heavy atom. The molecule has 1 heterocycles. The van der Waals surface area contributed by atoms with Crippen molar-refractivity contribution in [2.45, 2.75) is 70.8 Å². The molecule has 0 spiro atoms. The van der Waals surface area contributed by atoms with Gasteiger partial charge in [0.1, 0.15) is 17.1 Å². The third kappa shape index (κ3) is 6.54. The van der Waals surface area contributed by atoms with Crippen LogP contribution >= 0.6 is 0 Å². The summed E-state index contributed by atoms with van der Waals surface area (Å²) >= 11 is 0. The molecule has 6 nitrogen and oxygen atoms in total. The lowest BCUT2D eigenvalue weighted by atomic mass is 9.68. The molecule has 2 fully saturated rings. The Bertz CT molecular complexity index is 1050. The molecule has 0 amide bonds. The van der Waals surface area contributed by atoms with E-state index in [-0.39, 0.29) is 16.7 Å². The van der Waals surface area contributed by atoms with E-state index in [4.69, 9.17) is 14.2 Å². The first-order chi connectivity index (χ1) is 17.3. The van der Waals surface area contributed by atoms with Gasteiger partial charge in [0, 0.05) is 20.0 Å². The number of carbonyl (C=O) groups is 2. The Hall–Kier alpha value is -2.70. The molecule has 1 saturated carbocycles. The van der Waals surface area contributed by atoms with Crippen LogP contribution in [-0.4, -0.2) is 49.2 Å². The number of carbonyl (C=O) groups excluding carboxylic acids is 2. The maximum absolute atomic E-state index is 12.9. The summed E-state index contributed by atoms with van der Waals surface area (Å²) < 4.78 is 17.0. The fourth-order valence-electron chi connectivity index (χ4n) is 5.49. The zero-order valence-electron chi connectivity index (χ0n) is 21.8. The maximum atomic E-state index is 12.9. The number of hydrogen-bond donors (Lipinski definition) is 0. The fourth-order valence-corrected chi connectivity index (χ4v) is 5.49. The molecular weight excluding hydrogens is 454 g/mol. The summed E-state index contributed by atoms with van der Waals surface area (Å²) in [7, 11) is 0. The molecule has 2 aromatic rings. The van der Waals surface area contributed by atoms with Crippen molar-refractivity contribution in [3.05, 3.63) is 59.7 Å². The van der Waals surface area contributed by atoms with Gasteiger partial charge in [-0.15, -0.1) is 0 Å². The monoisotopic (exact) mass is 493 g/mol. The van der Waals surface area contributed by atoms with Crippen molar-refractivity contribution in [3.8, 4) is 11.5 Å². The largest absolute Gasteiger partial charge is 0.426 e. The second kappa shape index (κ2) is 12.0. The zero-order chi connectivity index (χ0) is 25.5. The third-order valence-electron chi connectivity index (χ3n) is 7.95.